The van der Waals surface area contributed by atoms with Crippen LogP contribution in [-0.2, 0) is 80.5 Å². The fraction of sp³-hybridized carbons (Fsp3) is 0.338. The highest BCUT2D eigenvalue weighted by molar-refractivity contribution is 6.29. The van der Waals surface area contributed by atoms with Gasteiger partial charge in [-0.1, -0.05) is 152 Å². The smallest absolute Gasteiger partial charge is 0.260 e. The monoisotopic (exact) mass is 1340 g/mol. The maximum atomic E-state index is 12.6. The number of nitrogens with zero attached hydrogens (tertiary/aromatic N) is 11. The Bertz CT molecular complexity index is 4220. The number of aromatic nitrogens is 11. The van der Waals surface area contributed by atoms with Gasteiger partial charge in [-0.15, -0.1) is 10.2 Å². The second kappa shape index (κ2) is 33.1. The molecule has 4 aromatic carbocycles. The van der Waals surface area contributed by atoms with Crippen molar-refractivity contribution >= 4 is 35.2 Å². The van der Waals surface area contributed by atoms with E-state index in [1.54, 1.807) is 41.6 Å². The fourth-order valence-electron chi connectivity index (χ4n) is 12.5. The van der Waals surface area contributed by atoms with E-state index in [1.807, 2.05) is 138 Å². The van der Waals surface area contributed by atoms with Crippen molar-refractivity contribution in [2.45, 2.75) is 110 Å². The van der Waals surface area contributed by atoms with Crippen molar-refractivity contribution in [3.8, 4) is 56.7 Å². The molecule has 4 aliphatic heterocycles. The van der Waals surface area contributed by atoms with Crippen molar-refractivity contribution < 1.29 is 38.1 Å². The van der Waals surface area contributed by atoms with Gasteiger partial charge in [-0.2, -0.15) is 20.4 Å². The molecule has 24 heteroatoms. The molecule has 10 aromatic rings. The van der Waals surface area contributed by atoms with Crippen molar-refractivity contribution in [1.29, 1.82) is 0 Å². The van der Waals surface area contributed by atoms with Crippen molar-refractivity contribution in [1.82, 2.24) is 75.6 Å². The highest BCUT2D eigenvalue weighted by Gasteiger charge is 2.31. The molecule has 15 rings (SSSR count). The first kappa shape index (κ1) is 67.6. The Morgan fingerprint density at radius 1 is 0.459 bits per heavy atom. The van der Waals surface area contributed by atoms with Gasteiger partial charge < -0.3 is 38.5 Å². The summed E-state index contributed by atoms with van der Waals surface area (Å²) in [6.45, 7) is 9.13. The summed E-state index contributed by atoms with van der Waals surface area (Å²) in [5, 5.41) is 38.1. The van der Waals surface area contributed by atoms with E-state index < -0.39 is 0 Å². The summed E-state index contributed by atoms with van der Waals surface area (Å²) in [7, 11) is 0. The molecule has 0 spiro atoms. The molecular weight excluding hydrogens is 1260 g/mol. The Hall–Kier alpha value is -10.4. The Morgan fingerprint density at radius 2 is 0.847 bits per heavy atom. The molecule has 0 saturated heterocycles. The summed E-state index contributed by atoms with van der Waals surface area (Å²) in [6, 6.07) is 46.9. The lowest BCUT2D eigenvalue weighted by atomic mass is 9.98. The summed E-state index contributed by atoms with van der Waals surface area (Å²) in [5.41, 5.74) is 16.8. The molecule has 98 heavy (non-hydrogen) atoms. The zero-order chi connectivity index (χ0) is 67.6. The van der Waals surface area contributed by atoms with Crippen molar-refractivity contribution in [2.24, 2.45) is 0 Å². The Labute approximate surface area is 573 Å². The maximum Gasteiger partial charge on any atom is 0.260 e. The number of H-pyrrole nitrogens is 4. The first-order chi connectivity index (χ1) is 48.0. The van der Waals surface area contributed by atoms with E-state index in [1.165, 1.54) is 19.3 Å². The number of carbonyl (C=O) groups is 4. The number of carbonyl (C=O) groups excluding carboxylic acids is 4. The van der Waals surface area contributed by atoms with Gasteiger partial charge >= 0.3 is 0 Å². The second-order valence-electron chi connectivity index (χ2n) is 24.7. The highest BCUT2D eigenvalue weighted by Crippen LogP contribution is 2.33. The van der Waals surface area contributed by atoms with Crippen LogP contribution in [0.3, 0.4) is 0 Å². The molecule has 0 atom stereocenters. The van der Waals surface area contributed by atoms with E-state index in [4.69, 9.17) is 30.5 Å². The van der Waals surface area contributed by atoms with Crippen LogP contribution in [0.15, 0.2) is 158 Å². The molecule has 4 N–H and O–H groups in total. The standard InChI is InChI=1S/C20H25N3O2.C19H18N4O2.C18H16ClN5O2.C17H21N3O2/c24-19(14-25-16-9-5-2-6-10-16)23-12-11-18-17(13-23)20(22-21-18)15-7-3-1-4-8-15;24-18(13-25-15-7-4-9-20-11-15)23-10-8-17-16(12-23)19(22-21-17)14-5-2-1-3-6-14;19-15-6-7-16(22-21-15)26-11-17(25)24-9-8-14-13(10-24)18(23-20-14)12-4-2-1-3-5-12;1-12(2)22-11-16(21)20-9-8-15-14(10-20)17(19-18-15)13-6-4-3-5-7-13/h1,3-4,7-8,16H,2,5-6,9-14H2,(H,21,22);1-7,9,11H,8,10,12-13H2,(H,21,22);1-7H,8-11H2,(H,20,23);3-7,12H,8-11H2,1-2H3,(H,18,19). The second-order valence-corrected chi connectivity index (χ2v) is 25.1. The number of nitrogens with one attached hydrogen (secondary N) is 4. The number of pyridine rings is 1. The number of ether oxygens (including phenoxy) is 4. The van der Waals surface area contributed by atoms with E-state index in [-0.39, 0.29) is 73.3 Å². The maximum absolute atomic E-state index is 12.6. The quantitative estimate of drug-likeness (QED) is 0.0700. The molecule has 23 nitrogen and oxygen atoms in total. The van der Waals surface area contributed by atoms with Gasteiger partial charge in [-0.05, 0) is 44.9 Å². The molecule has 10 heterocycles. The van der Waals surface area contributed by atoms with Crippen molar-refractivity contribution in [3.05, 3.63) is 208 Å². The lowest BCUT2D eigenvalue weighted by molar-refractivity contribution is -0.140. The Morgan fingerprint density at radius 3 is 1.21 bits per heavy atom. The Kier molecular flexibility index (Phi) is 22.8. The number of halogens is 1. The van der Waals surface area contributed by atoms with Crippen LogP contribution in [-0.4, -0.2) is 164 Å². The Balaban J connectivity index is 0.000000125. The van der Waals surface area contributed by atoms with Gasteiger partial charge in [0.1, 0.15) is 19.0 Å². The van der Waals surface area contributed by atoms with Gasteiger partial charge in [0.2, 0.25) is 17.7 Å². The topological polar surface area (TPSA) is 272 Å². The summed E-state index contributed by atoms with van der Waals surface area (Å²) in [5.74, 6) is 0.869. The molecule has 0 bridgehead atoms. The first-order valence-corrected chi connectivity index (χ1v) is 33.8. The van der Waals surface area contributed by atoms with Gasteiger partial charge in [0, 0.05) is 158 Å². The van der Waals surface area contributed by atoms with Crippen LogP contribution in [0.25, 0.3) is 45.0 Å². The minimum absolute atomic E-state index is 0.0134. The summed E-state index contributed by atoms with van der Waals surface area (Å²) < 4.78 is 22.2. The zero-order valence-electron chi connectivity index (χ0n) is 55.1. The van der Waals surface area contributed by atoms with Gasteiger partial charge in [-0.25, -0.2) is 0 Å². The minimum Gasteiger partial charge on any atom is -0.482 e. The highest BCUT2D eigenvalue weighted by atomic mass is 35.5. The lowest BCUT2D eigenvalue weighted by Crippen LogP contribution is -2.39. The molecule has 5 aliphatic rings. The van der Waals surface area contributed by atoms with Crippen LogP contribution in [0.1, 0.15) is 91.0 Å². The SMILES string of the molecule is CC(C)OCC(=O)N1CCc2[nH]nc(-c3ccccc3)c2C1.O=C(COC1CCCCC1)N1CCc2[nH]nc(-c3ccccc3)c2C1.O=C(COc1ccc(Cl)nn1)N1CCc2[nH]nc(-c3ccccc3)c2C1.O=C(COc1cccnc1)N1CCc2[nH]nc(-c3ccccc3)c2C1. The number of benzene rings is 4. The van der Waals surface area contributed by atoms with Crippen LogP contribution < -0.4 is 9.47 Å². The third-order valence-corrected chi connectivity index (χ3v) is 18.0. The van der Waals surface area contributed by atoms with E-state index in [2.05, 4.69) is 68.1 Å². The molecule has 1 aliphatic carbocycles. The molecule has 1 saturated carbocycles. The molecule has 1 fully saturated rings. The zero-order valence-corrected chi connectivity index (χ0v) is 55.8. The number of amides is 4. The van der Waals surface area contributed by atoms with E-state index in [9.17, 15) is 19.2 Å². The fourth-order valence-corrected chi connectivity index (χ4v) is 12.6. The number of hydrogen-bond acceptors (Lipinski definition) is 15. The number of aromatic amines is 4. The van der Waals surface area contributed by atoms with Gasteiger partial charge in [-0.3, -0.25) is 44.6 Å². The first-order valence-electron chi connectivity index (χ1n) is 33.4. The third kappa shape index (κ3) is 17.4. The molecular formula is C74H80ClN15O8. The lowest BCUT2D eigenvalue weighted by Gasteiger charge is -2.28. The number of fused-ring (bicyclic) bond motifs is 4. The van der Waals surface area contributed by atoms with Crippen LogP contribution in [0.5, 0.6) is 11.6 Å². The molecule has 6 aromatic heterocycles. The van der Waals surface area contributed by atoms with E-state index in [0.717, 1.165) is 135 Å². The van der Waals surface area contributed by atoms with E-state index >= 15 is 0 Å². The van der Waals surface area contributed by atoms with Crippen LogP contribution in [0.4, 0.5) is 0 Å². The van der Waals surface area contributed by atoms with Gasteiger partial charge in [0.05, 0.1) is 41.2 Å². The van der Waals surface area contributed by atoms with Crippen LogP contribution >= 0.6 is 11.6 Å². The number of hydrogen-bond donors (Lipinski definition) is 4. The predicted octanol–water partition coefficient (Wildman–Crippen LogP) is 10.6. The van der Waals surface area contributed by atoms with Gasteiger partial charge in [0.15, 0.2) is 18.4 Å². The summed E-state index contributed by atoms with van der Waals surface area (Å²) in [6.07, 6.45) is 12.7. The van der Waals surface area contributed by atoms with Crippen molar-refractivity contribution in [3.63, 3.8) is 0 Å². The molecule has 0 radical (unpaired) electrons. The normalized spacial score (nSPS) is 14.8. The minimum atomic E-state index is -0.104. The average Bonchev–Trinajstić information content (AvgIpc) is 1.66. The largest absolute Gasteiger partial charge is 0.482 e. The molecule has 0 unspecified atom stereocenters. The predicted molar refractivity (Wildman–Crippen MR) is 369 cm³/mol. The third-order valence-electron chi connectivity index (χ3n) is 17.8. The van der Waals surface area contributed by atoms with Crippen LogP contribution in [0.2, 0.25) is 5.15 Å². The molecule has 506 valence electrons. The van der Waals surface area contributed by atoms with Crippen molar-refractivity contribution in [2.75, 3.05) is 52.6 Å². The summed E-state index contributed by atoms with van der Waals surface area (Å²) >= 11 is 5.69. The number of rotatable bonds is 16. The van der Waals surface area contributed by atoms with Gasteiger partial charge in [0.25, 0.3) is 11.8 Å². The molecule has 4 amide bonds. The van der Waals surface area contributed by atoms with Crippen LogP contribution in [0, 0.1) is 0 Å². The summed E-state index contributed by atoms with van der Waals surface area (Å²) in [4.78, 5) is 61.2. The van der Waals surface area contributed by atoms with E-state index in [0.29, 0.717) is 51.6 Å². The average molecular weight is 1340 g/mol.